The van der Waals surface area contributed by atoms with Crippen molar-refractivity contribution in [1.29, 1.82) is 0 Å². The van der Waals surface area contributed by atoms with Crippen LogP contribution in [-0.4, -0.2) is 25.4 Å². The van der Waals surface area contributed by atoms with Gasteiger partial charge in [0, 0.05) is 18.2 Å². The molecule has 21 heavy (non-hydrogen) atoms. The van der Waals surface area contributed by atoms with Crippen LogP contribution in [0.25, 0.3) is 0 Å². The first-order chi connectivity index (χ1) is 9.50. The minimum absolute atomic E-state index is 0.117. The van der Waals surface area contributed by atoms with E-state index in [1.807, 2.05) is 13.8 Å². The molecule has 0 aliphatic rings. The van der Waals surface area contributed by atoms with Crippen molar-refractivity contribution < 1.29 is 13.3 Å². The largest absolute Gasteiger partial charge is 0.329 e. The summed E-state index contributed by atoms with van der Waals surface area (Å²) in [6.07, 6.45) is 0.546. The summed E-state index contributed by atoms with van der Waals surface area (Å²) in [5.41, 5.74) is 4.43. The first kappa shape index (κ1) is 18.3. The van der Waals surface area contributed by atoms with Crippen LogP contribution < -0.4 is 10.5 Å². The molecule has 1 rings (SSSR count). The average molecular weight is 356 g/mol. The van der Waals surface area contributed by atoms with Gasteiger partial charge in [0.05, 0.1) is 4.92 Å². The predicted molar refractivity (Wildman–Crippen MR) is 83.2 cm³/mol. The molecule has 0 fully saturated rings. The maximum absolute atomic E-state index is 12.3. The summed E-state index contributed by atoms with van der Waals surface area (Å²) in [4.78, 5) is 10.0. The highest BCUT2D eigenvalue weighted by atomic mass is 35.5. The number of halogens is 1. The van der Waals surface area contributed by atoms with Crippen LogP contribution in [0.1, 0.15) is 27.2 Å². The number of nitrogens with one attached hydrogen (secondary N) is 1. The number of hydrogen-bond acceptors (Lipinski definition) is 6. The molecule has 0 radical (unpaired) electrons. The Kier molecular flexibility index (Phi) is 5.73. The van der Waals surface area contributed by atoms with Crippen LogP contribution in [0, 0.1) is 16.0 Å². The van der Waals surface area contributed by atoms with Gasteiger partial charge in [-0.05, 0) is 19.3 Å². The van der Waals surface area contributed by atoms with E-state index in [9.17, 15) is 18.5 Å². The molecule has 1 aromatic heterocycles. The lowest BCUT2D eigenvalue weighted by molar-refractivity contribution is -0.384. The summed E-state index contributed by atoms with van der Waals surface area (Å²) in [6, 6.07) is 0.960. The van der Waals surface area contributed by atoms with Gasteiger partial charge in [-0.15, -0.1) is 11.3 Å². The first-order valence-electron chi connectivity index (χ1n) is 6.18. The zero-order chi connectivity index (χ0) is 16.4. The van der Waals surface area contributed by atoms with Crippen molar-refractivity contribution in [3.63, 3.8) is 0 Å². The SMILES string of the molecule is CC(C)CC(C)(CN)NS(=O)(=O)c1cc([N+](=O)[O-])c(Cl)s1. The number of nitrogens with zero attached hydrogens (tertiary/aromatic N) is 1. The minimum Gasteiger partial charge on any atom is -0.329 e. The van der Waals surface area contributed by atoms with Gasteiger partial charge in [-0.2, -0.15) is 0 Å². The number of nitrogens with two attached hydrogens (primary N) is 1. The van der Waals surface area contributed by atoms with Crippen LogP contribution in [0.3, 0.4) is 0 Å². The van der Waals surface area contributed by atoms with Crippen molar-refractivity contribution in [1.82, 2.24) is 4.72 Å². The van der Waals surface area contributed by atoms with Gasteiger partial charge in [0.25, 0.3) is 15.7 Å². The fourth-order valence-electron chi connectivity index (χ4n) is 2.04. The van der Waals surface area contributed by atoms with Gasteiger partial charge in [-0.1, -0.05) is 25.4 Å². The molecule has 1 unspecified atom stereocenters. The van der Waals surface area contributed by atoms with Gasteiger partial charge in [0.2, 0.25) is 0 Å². The quantitative estimate of drug-likeness (QED) is 0.575. The van der Waals surface area contributed by atoms with E-state index >= 15 is 0 Å². The Bertz CT molecular complexity index is 629. The Hall–Kier alpha value is -0.740. The van der Waals surface area contributed by atoms with E-state index in [2.05, 4.69) is 4.72 Å². The molecule has 0 saturated heterocycles. The van der Waals surface area contributed by atoms with Crippen molar-refractivity contribution in [2.75, 3.05) is 6.54 Å². The van der Waals surface area contributed by atoms with E-state index in [1.54, 1.807) is 6.92 Å². The normalized spacial score (nSPS) is 15.1. The van der Waals surface area contributed by atoms with E-state index < -0.39 is 26.2 Å². The predicted octanol–water partition coefficient (Wildman–Crippen LogP) is 2.35. The van der Waals surface area contributed by atoms with Gasteiger partial charge in [-0.3, -0.25) is 10.1 Å². The third kappa shape index (κ3) is 4.62. The molecule has 0 spiro atoms. The van der Waals surface area contributed by atoms with Crippen LogP contribution in [0.2, 0.25) is 4.34 Å². The second kappa shape index (κ2) is 6.57. The van der Waals surface area contributed by atoms with Gasteiger partial charge in [-0.25, -0.2) is 13.1 Å². The zero-order valence-electron chi connectivity index (χ0n) is 11.9. The standard InChI is InChI=1S/C11H18ClN3O4S2/c1-7(2)5-11(3,6-13)14-21(18,19)9-4-8(15(16)17)10(12)20-9/h4,7,14H,5-6,13H2,1-3H3. The summed E-state index contributed by atoms with van der Waals surface area (Å²) in [5, 5.41) is 10.7. The third-order valence-corrected chi connectivity index (χ3v) is 6.25. The van der Waals surface area contributed by atoms with Crippen LogP contribution in [0.4, 0.5) is 5.69 Å². The van der Waals surface area contributed by atoms with Crippen LogP contribution >= 0.6 is 22.9 Å². The lowest BCUT2D eigenvalue weighted by Crippen LogP contribution is -2.51. The molecule has 0 amide bonds. The molecule has 0 aliphatic carbocycles. The molecule has 0 bridgehead atoms. The van der Waals surface area contributed by atoms with E-state index in [1.165, 1.54) is 0 Å². The Morgan fingerprint density at radius 1 is 1.57 bits per heavy atom. The highest BCUT2D eigenvalue weighted by molar-refractivity contribution is 7.91. The van der Waals surface area contributed by atoms with E-state index in [-0.39, 0.29) is 21.0 Å². The number of thiophene rings is 1. The van der Waals surface area contributed by atoms with Crippen LogP contribution in [0.5, 0.6) is 0 Å². The summed E-state index contributed by atoms with van der Waals surface area (Å²) < 4.78 is 26.8. The lowest BCUT2D eigenvalue weighted by Gasteiger charge is -2.30. The minimum atomic E-state index is -3.91. The second-order valence-electron chi connectivity index (χ2n) is 5.45. The fraction of sp³-hybridized carbons (Fsp3) is 0.636. The van der Waals surface area contributed by atoms with Gasteiger partial charge >= 0.3 is 0 Å². The third-order valence-electron chi connectivity index (χ3n) is 2.80. The molecule has 10 heteroatoms. The monoisotopic (exact) mass is 355 g/mol. The second-order valence-corrected chi connectivity index (χ2v) is 9.01. The molecule has 120 valence electrons. The van der Waals surface area contributed by atoms with E-state index in [4.69, 9.17) is 17.3 Å². The number of nitro groups is 1. The highest BCUT2D eigenvalue weighted by Gasteiger charge is 2.33. The summed E-state index contributed by atoms with van der Waals surface area (Å²) in [7, 11) is -3.91. The van der Waals surface area contributed by atoms with E-state index in [0.717, 1.165) is 6.07 Å². The molecule has 3 N–H and O–H groups in total. The maximum atomic E-state index is 12.3. The van der Waals surface area contributed by atoms with Crippen LogP contribution in [-0.2, 0) is 10.0 Å². The maximum Gasteiger partial charge on any atom is 0.300 e. The number of hydrogen-bond donors (Lipinski definition) is 2. The summed E-state index contributed by atoms with van der Waals surface area (Å²) in [6.45, 7) is 5.73. The highest BCUT2D eigenvalue weighted by Crippen LogP contribution is 2.36. The van der Waals surface area contributed by atoms with Crippen molar-refractivity contribution in [2.45, 2.75) is 36.9 Å². The summed E-state index contributed by atoms with van der Waals surface area (Å²) >= 11 is 6.35. The van der Waals surface area contributed by atoms with Gasteiger partial charge in [0.15, 0.2) is 4.34 Å². The Labute approximate surface area is 132 Å². The summed E-state index contributed by atoms with van der Waals surface area (Å²) in [5.74, 6) is 0.238. The first-order valence-corrected chi connectivity index (χ1v) is 8.86. The Morgan fingerprint density at radius 2 is 2.14 bits per heavy atom. The molecule has 1 aromatic rings. The van der Waals surface area contributed by atoms with Crippen molar-refractivity contribution in [3.05, 3.63) is 20.5 Å². The topological polar surface area (TPSA) is 115 Å². The molecule has 7 nitrogen and oxygen atoms in total. The lowest BCUT2D eigenvalue weighted by atomic mass is 9.92. The smallest absolute Gasteiger partial charge is 0.300 e. The van der Waals surface area contributed by atoms with Gasteiger partial charge < -0.3 is 5.73 Å². The molecule has 0 aliphatic heterocycles. The van der Waals surface area contributed by atoms with Crippen molar-refractivity contribution >= 4 is 38.6 Å². The van der Waals surface area contributed by atoms with Crippen molar-refractivity contribution in [2.24, 2.45) is 11.7 Å². The Morgan fingerprint density at radius 3 is 2.52 bits per heavy atom. The van der Waals surface area contributed by atoms with Crippen molar-refractivity contribution in [3.8, 4) is 0 Å². The molecular formula is C11H18ClN3O4S2. The Balaban J connectivity index is 3.11. The molecular weight excluding hydrogens is 338 g/mol. The zero-order valence-corrected chi connectivity index (χ0v) is 14.3. The van der Waals surface area contributed by atoms with Crippen LogP contribution in [0.15, 0.2) is 10.3 Å². The average Bonchev–Trinajstić information content (AvgIpc) is 2.70. The molecule has 1 atom stereocenters. The fourth-order valence-corrected chi connectivity index (χ4v) is 5.13. The van der Waals surface area contributed by atoms with Gasteiger partial charge in [0.1, 0.15) is 4.21 Å². The molecule has 1 heterocycles. The van der Waals surface area contributed by atoms with E-state index in [0.29, 0.717) is 17.8 Å². The molecule has 0 saturated carbocycles. The molecule has 0 aromatic carbocycles. The number of rotatable bonds is 7. The number of sulfonamides is 1.